The highest BCUT2D eigenvalue weighted by Crippen LogP contribution is 2.38. The summed E-state index contributed by atoms with van der Waals surface area (Å²) in [6, 6.07) is 1.06. The molecule has 0 bridgehead atoms. The Morgan fingerprint density at radius 2 is 2.17 bits per heavy atom. The van der Waals surface area contributed by atoms with Gasteiger partial charge in [0, 0.05) is 6.07 Å². The number of hydrogen-bond acceptors (Lipinski definition) is 5. The molecule has 0 aromatic carbocycles. The van der Waals surface area contributed by atoms with Crippen molar-refractivity contribution in [1.29, 1.82) is 0 Å². The highest BCUT2D eigenvalue weighted by Gasteiger charge is 2.37. The van der Waals surface area contributed by atoms with E-state index in [9.17, 15) is 23.3 Å². The molecule has 0 spiro atoms. The quantitative estimate of drug-likeness (QED) is 0.483. The Morgan fingerprint density at radius 3 is 2.56 bits per heavy atom. The maximum absolute atomic E-state index is 12.1. The van der Waals surface area contributed by atoms with Crippen LogP contribution >= 0.6 is 11.6 Å². The average Bonchev–Trinajstić information content (AvgIpc) is 2.25. The van der Waals surface area contributed by atoms with Crippen LogP contribution in [0.3, 0.4) is 0 Å². The molecule has 0 unspecified atom stereocenters. The molecule has 10 heteroatoms. The summed E-state index contributed by atoms with van der Waals surface area (Å²) in [5.74, 6) is -1.87. The van der Waals surface area contributed by atoms with Gasteiger partial charge in [-0.05, 0) is 0 Å². The Kier molecular flexibility index (Phi) is 4.17. The highest BCUT2D eigenvalue weighted by molar-refractivity contribution is 6.16. The first-order chi connectivity index (χ1) is 8.28. The lowest BCUT2D eigenvalue weighted by Gasteiger charge is -2.11. The number of pyridine rings is 1. The number of rotatable bonds is 4. The molecule has 100 valence electrons. The molecule has 0 aliphatic rings. The van der Waals surface area contributed by atoms with E-state index in [1.54, 1.807) is 0 Å². The Morgan fingerprint density at radius 1 is 1.56 bits per heavy atom. The summed E-state index contributed by atoms with van der Waals surface area (Å²) in [5, 5.41) is 10.7. The second-order valence-corrected chi connectivity index (χ2v) is 3.18. The minimum atomic E-state index is -5.10. The van der Waals surface area contributed by atoms with E-state index in [-0.39, 0.29) is 11.6 Å². The molecular weight excluding hydrogens is 281 g/mol. The lowest BCUT2D eigenvalue weighted by atomic mass is 10.3. The second-order valence-electron chi connectivity index (χ2n) is 2.91. The van der Waals surface area contributed by atoms with E-state index in [0.717, 1.165) is 13.2 Å². The molecule has 0 saturated carbocycles. The van der Waals surface area contributed by atoms with E-state index in [2.05, 4.69) is 14.5 Å². The molecule has 0 amide bonds. The molecule has 0 aliphatic carbocycles. The van der Waals surface area contributed by atoms with Crippen molar-refractivity contribution >= 4 is 17.3 Å². The summed E-state index contributed by atoms with van der Waals surface area (Å²) in [5.41, 5.74) is -1.05. The molecule has 0 aliphatic heterocycles. The van der Waals surface area contributed by atoms with E-state index >= 15 is 0 Å². The number of ether oxygens (including phenoxy) is 2. The van der Waals surface area contributed by atoms with Crippen molar-refractivity contribution < 1.29 is 27.6 Å². The summed E-state index contributed by atoms with van der Waals surface area (Å²) in [6.07, 6.45) is -5.10. The Balaban J connectivity index is 3.39. The molecule has 1 aromatic heterocycles. The van der Waals surface area contributed by atoms with Gasteiger partial charge < -0.3 is 9.47 Å². The third-order valence-electron chi connectivity index (χ3n) is 1.73. The zero-order valence-electron chi connectivity index (χ0n) is 8.82. The predicted molar refractivity (Wildman–Crippen MR) is 53.7 cm³/mol. The number of nitro groups is 1. The van der Waals surface area contributed by atoms with Crippen LogP contribution in [0, 0.1) is 10.1 Å². The number of alkyl halides is 4. The summed E-state index contributed by atoms with van der Waals surface area (Å²) >= 11 is 5.41. The van der Waals surface area contributed by atoms with E-state index in [4.69, 9.17) is 11.6 Å². The van der Waals surface area contributed by atoms with Gasteiger partial charge in [0.05, 0.1) is 23.6 Å². The van der Waals surface area contributed by atoms with E-state index in [0.29, 0.717) is 0 Å². The fourth-order valence-corrected chi connectivity index (χ4v) is 1.25. The molecule has 0 fully saturated rings. The van der Waals surface area contributed by atoms with Crippen LogP contribution in [0.1, 0.15) is 5.69 Å². The van der Waals surface area contributed by atoms with Crippen molar-refractivity contribution in [2.75, 3.05) is 7.11 Å². The third-order valence-corrected chi connectivity index (χ3v) is 2.00. The number of aromatic nitrogens is 1. The van der Waals surface area contributed by atoms with Crippen LogP contribution < -0.4 is 9.47 Å². The van der Waals surface area contributed by atoms with E-state index < -0.39 is 28.6 Å². The lowest BCUT2D eigenvalue weighted by Crippen LogP contribution is -2.19. The standard InChI is InChI=1S/C8H6ClF3N2O4/c1-17-5-2-4(3-9)13-7(6(5)14(15)16)18-8(10,11)12/h2H,3H2,1H3. The van der Waals surface area contributed by atoms with Gasteiger partial charge in [-0.2, -0.15) is 0 Å². The SMILES string of the molecule is COc1cc(CCl)nc(OC(F)(F)F)c1[N+](=O)[O-]. The molecule has 1 aromatic rings. The van der Waals surface area contributed by atoms with Crippen LogP contribution in [0.25, 0.3) is 0 Å². The van der Waals surface area contributed by atoms with Crippen LogP contribution in [-0.4, -0.2) is 23.4 Å². The normalized spacial score (nSPS) is 11.2. The molecule has 0 N–H and O–H groups in total. The van der Waals surface area contributed by atoms with Crippen molar-refractivity contribution in [3.8, 4) is 11.6 Å². The van der Waals surface area contributed by atoms with Crippen molar-refractivity contribution in [2.24, 2.45) is 0 Å². The molecular formula is C8H6ClF3N2O4. The Bertz CT molecular complexity index is 466. The molecule has 0 atom stereocenters. The van der Waals surface area contributed by atoms with Crippen molar-refractivity contribution in [2.45, 2.75) is 12.2 Å². The van der Waals surface area contributed by atoms with Gasteiger partial charge in [0.2, 0.25) is 5.75 Å². The van der Waals surface area contributed by atoms with Gasteiger partial charge in [-0.15, -0.1) is 24.8 Å². The summed E-state index contributed by atoms with van der Waals surface area (Å²) < 4.78 is 44.4. The minimum absolute atomic E-state index is 0.0432. The topological polar surface area (TPSA) is 74.5 Å². The van der Waals surface area contributed by atoms with Crippen LogP contribution in [0.4, 0.5) is 18.9 Å². The first-order valence-corrected chi connectivity index (χ1v) is 4.86. The smallest absolute Gasteiger partial charge is 0.490 e. The van der Waals surface area contributed by atoms with Gasteiger partial charge >= 0.3 is 17.9 Å². The number of hydrogen-bond donors (Lipinski definition) is 0. The number of methoxy groups -OCH3 is 1. The fraction of sp³-hybridized carbons (Fsp3) is 0.375. The van der Waals surface area contributed by atoms with Crippen LogP contribution in [0.5, 0.6) is 11.6 Å². The van der Waals surface area contributed by atoms with Gasteiger partial charge in [0.25, 0.3) is 0 Å². The Hall–Kier alpha value is -1.77. The fourth-order valence-electron chi connectivity index (χ4n) is 1.11. The molecule has 0 radical (unpaired) electrons. The zero-order chi connectivity index (χ0) is 13.9. The number of nitrogens with zero attached hydrogens (tertiary/aromatic N) is 2. The Labute approximate surface area is 103 Å². The highest BCUT2D eigenvalue weighted by atomic mass is 35.5. The van der Waals surface area contributed by atoms with Gasteiger partial charge in [-0.1, -0.05) is 0 Å². The maximum atomic E-state index is 12.1. The van der Waals surface area contributed by atoms with Crippen molar-refractivity contribution in [3.05, 3.63) is 21.9 Å². The van der Waals surface area contributed by atoms with Gasteiger partial charge in [-0.3, -0.25) is 10.1 Å². The van der Waals surface area contributed by atoms with Crippen LogP contribution in [0.2, 0.25) is 0 Å². The molecule has 1 rings (SSSR count). The predicted octanol–water partition coefficient (Wildman–Crippen LogP) is 2.64. The van der Waals surface area contributed by atoms with Crippen molar-refractivity contribution in [1.82, 2.24) is 4.98 Å². The maximum Gasteiger partial charge on any atom is 0.574 e. The molecule has 0 saturated heterocycles. The van der Waals surface area contributed by atoms with E-state index in [1.807, 2.05) is 0 Å². The second kappa shape index (κ2) is 5.25. The first kappa shape index (κ1) is 14.3. The number of halogens is 4. The minimum Gasteiger partial charge on any atom is -0.490 e. The molecule has 1 heterocycles. The monoisotopic (exact) mass is 286 g/mol. The first-order valence-electron chi connectivity index (χ1n) is 4.32. The van der Waals surface area contributed by atoms with Crippen molar-refractivity contribution in [3.63, 3.8) is 0 Å². The average molecular weight is 287 g/mol. The van der Waals surface area contributed by atoms with E-state index in [1.165, 1.54) is 0 Å². The van der Waals surface area contributed by atoms with Gasteiger partial charge in [0.15, 0.2) is 0 Å². The largest absolute Gasteiger partial charge is 0.574 e. The van der Waals surface area contributed by atoms with Gasteiger partial charge in [0.1, 0.15) is 0 Å². The summed E-state index contributed by atoms with van der Waals surface area (Å²) in [7, 11) is 1.07. The molecule has 18 heavy (non-hydrogen) atoms. The van der Waals surface area contributed by atoms with Crippen LogP contribution in [-0.2, 0) is 5.88 Å². The van der Waals surface area contributed by atoms with Crippen LogP contribution in [0.15, 0.2) is 6.07 Å². The van der Waals surface area contributed by atoms with Gasteiger partial charge in [-0.25, -0.2) is 4.98 Å². The third kappa shape index (κ3) is 3.36. The lowest BCUT2D eigenvalue weighted by molar-refractivity contribution is -0.390. The zero-order valence-corrected chi connectivity index (χ0v) is 9.58. The summed E-state index contributed by atoms with van der Waals surface area (Å²) in [6.45, 7) is 0. The summed E-state index contributed by atoms with van der Waals surface area (Å²) in [4.78, 5) is 12.9. The molecule has 6 nitrogen and oxygen atoms in total.